The number of aryl methyl sites for hydroxylation is 1. The summed E-state index contributed by atoms with van der Waals surface area (Å²) in [5.41, 5.74) is 2.42. The molecule has 0 radical (unpaired) electrons. The molecular weight excluding hydrogens is 200 g/mol. The Balaban J connectivity index is 1.68. The SMILES string of the molecule is Cc1ccc(C(=O)N2CC3(CNC3)C2)cc1. The number of nitrogens with one attached hydrogen (secondary N) is 1. The Hall–Kier alpha value is -1.35. The number of benzene rings is 1. The van der Waals surface area contributed by atoms with Crippen LogP contribution in [0.2, 0.25) is 0 Å². The summed E-state index contributed by atoms with van der Waals surface area (Å²) >= 11 is 0. The fourth-order valence-corrected chi connectivity index (χ4v) is 2.49. The second-order valence-corrected chi connectivity index (χ2v) is 5.13. The largest absolute Gasteiger partial charge is 0.337 e. The maximum Gasteiger partial charge on any atom is 0.253 e. The highest BCUT2D eigenvalue weighted by atomic mass is 16.2. The van der Waals surface area contributed by atoms with E-state index in [2.05, 4.69) is 5.32 Å². The quantitative estimate of drug-likeness (QED) is 0.760. The molecule has 1 N–H and O–H groups in total. The van der Waals surface area contributed by atoms with E-state index in [4.69, 9.17) is 0 Å². The van der Waals surface area contributed by atoms with E-state index in [1.807, 2.05) is 36.1 Å². The minimum atomic E-state index is 0.178. The number of hydrogen-bond donors (Lipinski definition) is 1. The summed E-state index contributed by atoms with van der Waals surface area (Å²) in [7, 11) is 0. The second-order valence-electron chi connectivity index (χ2n) is 5.13. The first-order chi connectivity index (χ1) is 7.69. The summed E-state index contributed by atoms with van der Waals surface area (Å²) in [6.07, 6.45) is 0. The molecule has 0 atom stereocenters. The van der Waals surface area contributed by atoms with Crippen LogP contribution in [-0.2, 0) is 0 Å². The van der Waals surface area contributed by atoms with Gasteiger partial charge in [0.05, 0.1) is 0 Å². The standard InChI is InChI=1S/C13H16N2O/c1-10-2-4-11(5-3-10)12(16)15-8-13(9-15)6-14-7-13/h2-5,14H,6-9H2,1H3. The molecule has 0 unspecified atom stereocenters. The molecule has 1 amide bonds. The number of carbonyl (C=O) groups excluding carboxylic acids is 1. The summed E-state index contributed by atoms with van der Waals surface area (Å²) in [6.45, 7) is 6.03. The molecule has 1 spiro atoms. The van der Waals surface area contributed by atoms with Crippen LogP contribution in [0.3, 0.4) is 0 Å². The van der Waals surface area contributed by atoms with E-state index in [1.165, 1.54) is 5.56 Å². The first-order valence-corrected chi connectivity index (χ1v) is 5.75. The highest BCUT2D eigenvalue weighted by Gasteiger charge is 2.49. The topological polar surface area (TPSA) is 32.3 Å². The average molecular weight is 216 g/mol. The normalized spacial score (nSPS) is 21.4. The van der Waals surface area contributed by atoms with Gasteiger partial charge >= 0.3 is 0 Å². The zero-order chi connectivity index (χ0) is 11.2. The third-order valence-corrected chi connectivity index (χ3v) is 3.64. The smallest absolute Gasteiger partial charge is 0.253 e. The van der Waals surface area contributed by atoms with Gasteiger partial charge in [0.15, 0.2) is 0 Å². The van der Waals surface area contributed by atoms with Crippen LogP contribution in [0.4, 0.5) is 0 Å². The predicted molar refractivity (Wildman–Crippen MR) is 62.4 cm³/mol. The number of nitrogens with zero attached hydrogens (tertiary/aromatic N) is 1. The van der Waals surface area contributed by atoms with Gasteiger partial charge in [-0.2, -0.15) is 0 Å². The van der Waals surface area contributed by atoms with Gasteiger partial charge in [-0.05, 0) is 19.1 Å². The van der Waals surface area contributed by atoms with Crippen LogP contribution >= 0.6 is 0 Å². The summed E-state index contributed by atoms with van der Waals surface area (Å²) in [6, 6.07) is 7.82. The summed E-state index contributed by atoms with van der Waals surface area (Å²) in [4.78, 5) is 14.0. The van der Waals surface area contributed by atoms with Crippen molar-refractivity contribution in [3.8, 4) is 0 Å². The molecule has 3 rings (SSSR count). The van der Waals surface area contributed by atoms with Gasteiger partial charge in [-0.3, -0.25) is 4.79 Å². The van der Waals surface area contributed by atoms with Gasteiger partial charge in [0.25, 0.3) is 5.91 Å². The van der Waals surface area contributed by atoms with Gasteiger partial charge in [0.1, 0.15) is 0 Å². The van der Waals surface area contributed by atoms with Crippen molar-refractivity contribution in [1.82, 2.24) is 10.2 Å². The lowest BCUT2D eigenvalue weighted by atomic mass is 9.74. The first-order valence-electron chi connectivity index (χ1n) is 5.75. The Bertz CT molecular complexity index is 412. The summed E-state index contributed by atoms with van der Waals surface area (Å²) < 4.78 is 0. The number of likely N-dealkylation sites (tertiary alicyclic amines) is 1. The van der Waals surface area contributed by atoms with Crippen LogP contribution in [0.1, 0.15) is 15.9 Å². The monoisotopic (exact) mass is 216 g/mol. The average Bonchev–Trinajstić information content (AvgIpc) is 2.14. The fraction of sp³-hybridized carbons (Fsp3) is 0.462. The van der Waals surface area contributed by atoms with Crippen molar-refractivity contribution in [3.63, 3.8) is 0 Å². The van der Waals surface area contributed by atoms with Crippen LogP contribution in [0.25, 0.3) is 0 Å². The number of carbonyl (C=O) groups is 1. The van der Waals surface area contributed by atoms with Gasteiger partial charge in [-0.15, -0.1) is 0 Å². The molecule has 0 bridgehead atoms. The van der Waals surface area contributed by atoms with Crippen molar-refractivity contribution >= 4 is 5.91 Å². The Morgan fingerprint density at radius 1 is 1.25 bits per heavy atom. The Morgan fingerprint density at radius 2 is 1.88 bits per heavy atom. The van der Waals surface area contributed by atoms with Crippen LogP contribution in [0, 0.1) is 12.3 Å². The van der Waals surface area contributed by atoms with Crippen LogP contribution in [0.5, 0.6) is 0 Å². The molecule has 3 nitrogen and oxygen atoms in total. The molecule has 2 saturated heterocycles. The number of rotatable bonds is 1. The van der Waals surface area contributed by atoms with E-state index >= 15 is 0 Å². The molecule has 84 valence electrons. The van der Waals surface area contributed by atoms with Crippen LogP contribution in [-0.4, -0.2) is 37.0 Å². The molecule has 3 heteroatoms. The van der Waals surface area contributed by atoms with E-state index in [-0.39, 0.29) is 5.91 Å². The molecule has 0 aliphatic carbocycles. The fourth-order valence-electron chi connectivity index (χ4n) is 2.49. The molecule has 0 aromatic heterocycles. The summed E-state index contributed by atoms with van der Waals surface area (Å²) in [5.74, 6) is 0.178. The summed E-state index contributed by atoms with van der Waals surface area (Å²) in [5, 5.41) is 3.27. The maximum absolute atomic E-state index is 12.1. The zero-order valence-electron chi connectivity index (χ0n) is 9.49. The van der Waals surface area contributed by atoms with Crippen LogP contribution < -0.4 is 5.32 Å². The molecule has 2 aliphatic rings. The van der Waals surface area contributed by atoms with Crippen LogP contribution in [0.15, 0.2) is 24.3 Å². The molecule has 1 aromatic carbocycles. The van der Waals surface area contributed by atoms with Gasteiger partial charge in [-0.1, -0.05) is 17.7 Å². The third kappa shape index (κ3) is 1.43. The Kier molecular flexibility index (Phi) is 2.04. The van der Waals surface area contributed by atoms with Gasteiger partial charge in [0.2, 0.25) is 0 Å². The number of amides is 1. The lowest BCUT2D eigenvalue weighted by Gasteiger charge is -2.56. The Morgan fingerprint density at radius 3 is 2.38 bits per heavy atom. The lowest BCUT2D eigenvalue weighted by Crippen LogP contribution is -2.71. The van der Waals surface area contributed by atoms with Crippen molar-refractivity contribution in [3.05, 3.63) is 35.4 Å². The van der Waals surface area contributed by atoms with Crippen molar-refractivity contribution < 1.29 is 4.79 Å². The Labute approximate surface area is 95.4 Å². The molecule has 2 aliphatic heterocycles. The van der Waals surface area contributed by atoms with E-state index in [9.17, 15) is 4.79 Å². The van der Waals surface area contributed by atoms with Gasteiger partial charge < -0.3 is 10.2 Å². The second kappa shape index (κ2) is 3.32. The molecule has 2 heterocycles. The molecule has 1 aromatic rings. The maximum atomic E-state index is 12.1. The van der Waals surface area contributed by atoms with Gasteiger partial charge in [-0.25, -0.2) is 0 Å². The number of hydrogen-bond acceptors (Lipinski definition) is 2. The van der Waals surface area contributed by atoms with Crippen molar-refractivity contribution in [2.24, 2.45) is 5.41 Å². The van der Waals surface area contributed by atoms with Crippen molar-refractivity contribution in [2.45, 2.75) is 6.92 Å². The predicted octanol–water partition coefficient (Wildman–Crippen LogP) is 1.04. The minimum Gasteiger partial charge on any atom is -0.337 e. The zero-order valence-corrected chi connectivity index (χ0v) is 9.49. The van der Waals surface area contributed by atoms with Gasteiger partial charge in [0, 0.05) is 37.2 Å². The van der Waals surface area contributed by atoms with E-state index in [1.54, 1.807) is 0 Å². The van der Waals surface area contributed by atoms with Crippen molar-refractivity contribution in [2.75, 3.05) is 26.2 Å². The highest BCUT2D eigenvalue weighted by molar-refractivity contribution is 5.94. The van der Waals surface area contributed by atoms with Crippen molar-refractivity contribution in [1.29, 1.82) is 0 Å². The molecule has 2 fully saturated rings. The van der Waals surface area contributed by atoms with E-state index in [0.29, 0.717) is 5.41 Å². The molecule has 0 saturated carbocycles. The molecule has 16 heavy (non-hydrogen) atoms. The highest BCUT2D eigenvalue weighted by Crippen LogP contribution is 2.34. The minimum absolute atomic E-state index is 0.178. The van der Waals surface area contributed by atoms with E-state index < -0.39 is 0 Å². The third-order valence-electron chi connectivity index (χ3n) is 3.64. The van der Waals surface area contributed by atoms with E-state index in [0.717, 1.165) is 31.7 Å². The lowest BCUT2D eigenvalue weighted by molar-refractivity contribution is -0.0248. The first kappa shape index (κ1) is 9.85. The molecular formula is C13H16N2O.